The summed E-state index contributed by atoms with van der Waals surface area (Å²) in [6.07, 6.45) is 1.02. The average Bonchev–Trinajstić information content (AvgIpc) is 2.43. The lowest BCUT2D eigenvalue weighted by molar-refractivity contribution is 0.475. The van der Waals surface area contributed by atoms with E-state index in [1.165, 1.54) is 12.1 Å². The zero-order valence-electron chi connectivity index (χ0n) is 11.6. The Morgan fingerprint density at radius 1 is 1.14 bits per heavy atom. The summed E-state index contributed by atoms with van der Waals surface area (Å²) in [4.78, 5) is 0. The highest BCUT2D eigenvalue weighted by Gasteiger charge is 2.07. The highest BCUT2D eigenvalue weighted by Crippen LogP contribution is 2.32. The number of hydrogen-bond acceptors (Lipinski definition) is 2. The first-order valence-corrected chi connectivity index (χ1v) is 7.47. The fourth-order valence-corrected chi connectivity index (χ4v) is 2.19. The van der Waals surface area contributed by atoms with Gasteiger partial charge in [0.25, 0.3) is 0 Å². The molecule has 0 bridgehead atoms. The predicted octanol–water partition coefficient (Wildman–Crippen LogP) is 5.42. The molecule has 0 aliphatic heterocycles. The Labute approximate surface area is 133 Å². The van der Waals surface area contributed by atoms with Crippen LogP contribution in [0.25, 0.3) is 0 Å². The molecule has 0 fully saturated rings. The molecule has 2 aromatic carbocycles. The van der Waals surface area contributed by atoms with E-state index in [1.807, 2.05) is 0 Å². The Morgan fingerprint density at radius 3 is 2.71 bits per heavy atom. The number of halogens is 3. The molecule has 0 saturated heterocycles. The van der Waals surface area contributed by atoms with Gasteiger partial charge in [-0.1, -0.05) is 30.1 Å². The van der Waals surface area contributed by atoms with Crippen LogP contribution in [0.4, 0.5) is 4.39 Å². The van der Waals surface area contributed by atoms with Crippen LogP contribution in [-0.2, 0) is 6.54 Å². The molecule has 2 rings (SSSR count). The maximum absolute atomic E-state index is 13.7. The third-order valence-electron chi connectivity index (χ3n) is 2.81. The minimum absolute atomic E-state index is 0.348. The van der Waals surface area contributed by atoms with Gasteiger partial charge in [-0.3, -0.25) is 0 Å². The summed E-state index contributed by atoms with van der Waals surface area (Å²) in [5, 5.41) is 4.16. The van der Waals surface area contributed by atoms with E-state index < -0.39 is 0 Å². The molecule has 0 amide bonds. The normalized spacial score (nSPS) is 10.7. The van der Waals surface area contributed by atoms with E-state index in [0.29, 0.717) is 28.1 Å². The summed E-state index contributed by atoms with van der Waals surface area (Å²) in [6.45, 7) is 3.55. The van der Waals surface area contributed by atoms with Crippen molar-refractivity contribution in [3.05, 3.63) is 57.8 Å². The van der Waals surface area contributed by atoms with Crippen molar-refractivity contribution in [3.63, 3.8) is 0 Å². The highest BCUT2D eigenvalue weighted by molar-refractivity contribution is 6.34. The van der Waals surface area contributed by atoms with Crippen molar-refractivity contribution in [2.24, 2.45) is 0 Å². The van der Waals surface area contributed by atoms with Crippen molar-refractivity contribution >= 4 is 23.2 Å². The molecule has 0 aliphatic rings. The van der Waals surface area contributed by atoms with Crippen LogP contribution >= 0.6 is 23.2 Å². The Bertz CT molecular complexity index is 619. The molecule has 0 aliphatic carbocycles. The van der Waals surface area contributed by atoms with Crippen molar-refractivity contribution in [2.45, 2.75) is 19.9 Å². The lowest BCUT2D eigenvalue weighted by Gasteiger charge is -2.10. The monoisotopic (exact) mass is 327 g/mol. The molecule has 5 heteroatoms. The Kier molecular flexibility index (Phi) is 5.85. The van der Waals surface area contributed by atoms with Gasteiger partial charge in [0.15, 0.2) is 0 Å². The molecule has 0 heterocycles. The van der Waals surface area contributed by atoms with Gasteiger partial charge in [0, 0.05) is 23.7 Å². The van der Waals surface area contributed by atoms with Crippen LogP contribution in [0.1, 0.15) is 18.9 Å². The van der Waals surface area contributed by atoms with Crippen LogP contribution in [-0.4, -0.2) is 6.54 Å². The molecule has 0 aromatic heterocycles. The topological polar surface area (TPSA) is 21.3 Å². The van der Waals surface area contributed by atoms with Crippen LogP contribution in [0.3, 0.4) is 0 Å². The predicted molar refractivity (Wildman–Crippen MR) is 84.9 cm³/mol. The third kappa shape index (κ3) is 4.88. The third-order valence-corrected chi connectivity index (χ3v) is 3.36. The maximum Gasteiger partial charge on any atom is 0.147 e. The molecule has 2 nitrogen and oxygen atoms in total. The van der Waals surface area contributed by atoms with Crippen LogP contribution in [0.2, 0.25) is 10.0 Å². The number of benzene rings is 2. The second kappa shape index (κ2) is 7.64. The van der Waals surface area contributed by atoms with Crippen LogP contribution < -0.4 is 10.1 Å². The van der Waals surface area contributed by atoms with Gasteiger partial charge in [-0.05, 0) is 42.8 Å². The zero-order valence-corrected chi connectivity index (χ0v) is 13.1. The van der Waals surface area contributed by atoms with Gasteiger partial charge in [-0.25, -0.2) is 4.39 Å². The molecule has 0 radical (unpaired) electrons. The first-order chi connectivity index (χ1) is 10.1. The fourth-order valence-electron chi connectivity index (χ4n) is 1.87. The van der Waals surface area contributed by atoms with Gasteiger partial charge in [0.05, 0.1) is 5.02 Å². The lowest BCUT2D eigenvalue weighted by Crippen LogP contribution is -2.13. The van der Waals surface area contributed by atoms with Crippen molar-refractivity contribution in [2.75, 3.05) is 6.54 Å². The van der Waals surface area contributed by atoms with Crippen LogP contribution in [0.15, 0.2) is 36.4 Å². The quantitative estimate of drug-likeness (QED) is 0.715. The fraction of sp³-hybridized carbons (Fsp3) is 0.250. The van der Waals surface area contributed by atoms with E-state index >= 15 is 0 Å². The molecule has 0 atom stereocenters. The second-order valence-corrected chi connectivity index (χ2v) is 5.49. The van der Waals surface area contributed by atoms with Crippen LogP contribution in [0.5, 0.6) is 11.5 Å². The average molecular weight is 328 g/mol. The van der Waals surface area contributed by atoms with Gasteiger partial charge in [-0.2, -0.15) is 0 Å². The number of ether oxygens (including phenoxy) is 1. The smallest absolute Gasteiger partial charge is 0.147 e. The number of rotatable bonds is 6. The van der Waals surface area contributed by atoms with Gasteiger partial charge in [0.2, 0.25) is 0 Å². The summed E-state index contributed by atoms with van der Waals surface area (Å²) < 4.78 is 19.3. The number of hydrogen-bond donors (Lipinski definition) is 1. The first-order valence-electron chi connectivity index (χ1n) is 6.71. The van der Waals surface area contributed by atoms with Gasteiger partial charge in [-0.15, -0.1) is 0 Å². The Morgan fingerprint density at radius 2 is 1.95 bits per heavy atom. The van der Waals surface area contributed by atoms with Crippen molar-refractivity contribution in [1.82, 2.24) is 5.32 Å². The molecule has 0 saturated carbocycles. The lowest BCUT2D eigenvalue weighted by atomic mass is 10.2. The molecular formula is C16H16Cl2FNO. The van der Waals surface area contributed by atoms with Crippen molar-refractivity contribution in [1.29, 1.82) is 0 Å². The first kappa shape index (κ1) is 16.1. The van der Waals surface area contributed by atoms with Gasteiger partial charge < -0.3 is 10.1 Å². The number of nitrogens with one attached hydrogen (secondary N) is 1. The summed E-state index contributed by atoms with van der Waals surface area (Å²) in [6, 6.07) is 9.49. The van der Waals surface area contributed by atoms with E-state index in [1.54, 1.807) is 24.3 Å². The minimum atomic E-state index is -0.348. The molecule has 21 heavy (non-hydrogen) atoms. The SMILES string of the molecule is CCCNCc1cc(F)cc(Oc2cc(Cl)ccc2Cl)c1. The summed E-state index contributed by atoms with van der Waals surface area (Å²) in [7, 11) is 0. The summed E-state index contributed by atoms with van der Waals surface area (Å²) in [5.74, 6) is 0.452. The van der Waals surface area contributed by atoms with Crippen LogP contribution in [0, 0.1) is 5.82 Å². The largest absolute Gasteiger partial charge is 0.456 e. The summed E-state index contributed by atoms with van der Waals surface area (Å²) in [5.41, 5.74) is 0.816. The van der Waals surface area contributed by atoms with E-state index in [-0.39, 0.29) is 5.82 Å². The Balaban J connectivity index is 2.17. The van der Waals surface area contributed by atoms with E-state index in [4.69, 9.17) is 27.9 Å². The highest BCUT2D eigenvalue weighted by atomic mass is 35.5. The summed E-state index contributed by atoms with van der Waals surface area (Å²) >= 11 is 11.9. The van der Waals surface area contributed by atoms with Gasteiger partial charge >= 0.3 is 0 Å². The van der Waals surface area contributed by atoms with E-state index in [2.05, 4.69) is 12.2 Å². The molecule has 2 aromatic rings. The van der Waals surface area contributed by atoms with Crippen molar-refractivity contribution < 1.29 is 9.13 Å². The molecular weight excluding hydrogens is 312 g/mol. The van der Waals surface area contributed by atoms with E-state index in [0.717, 1.165) is 18.5 Å². The Hall–Kier alpha value is -1.29. The standard InChI is InChI=1S/C16H16Cl2FNO/c1-2-5-20-10-11-6-13(19)9-14(7-11)21-16-8-12(17)3-4-15(16)18/h3-4,6-9,20H,2,5,10H2,1H3. The van der Waals surface area contributed by atoms with Gasteiger partial charge in [0.1, 0.15) is 17.3 Å². The molecule has 1 N–H and O–H groups in total. The van der Waals surface area contributed by atoms with E-state index in [9.17, 15) is 4.39 Å². The maximum atomic E-state index is 13.7. The molecule has 0 unspecified atom stereocenters. The van der Waals surface area contributed by atoms with Crippen molar-refractivity contribution in [3.8, 4) is 11.5 Å². The molecule has 112 valence electrons. The second-order valence-electron chi connectivity index (χ2n) is 4.65. The molecule has 0 spiro atoms. The zero-order chi connectivity index (χ0) is 15.2. The minimum Gasteiger partial charge on any atom is -0.456 e.